The number of rotatable bonds is 2. The Bertz CT molecular complexity index is 640. The standard InChI is InChI=1S/C15H13BrClNO/c1-9-3-5-12(7-10(9)2)18-15(19)11-4-6-13(16)14(17)8-11/h3-8H,1-2H3,(H,18,19). The maximum absolute atomic E-state index is 12.1. The van der Waals surface area contributed by atoms with Gasteiger partial charge < -0.3 is 5.32 Å². The predicted octanol–water partition coefficient (Wildman–Crippen LogP) is 4.97. The molecule has 2 aromatic rings. The van der Waals surface area contributed by atoms with Crippen LogP contribution in [0, 0.1) is 13.8 Å². The fourth-order valence-corrected chi connectivity index (χ4v) is 2.09. The fraction of sp³-hybridized carbons (Fsp3) is 0.133. The van der Waals surface area contributed by atoms with E-state index in [1.165, 1.54) is 5.56 Å². The normalized spacial score (nSPS) is 10.3. The van der Waals surface area contributed by atoms with Crippen LogP contribution in [0.5, 0.6) is 0 Å². The molecule has 0 saturated carbocycles. The van der Waals surface area contributed by atoms with Crippen molar-refractivity contribution in [3.8, 4) is 0 Å². The minimum atomic E-state index is -0.169. The molecule has 0 bridgehead atoms. The first-order chi connectivity index (χ1) is 8.97. The molecule has 4 heteroatoms. The summed E-state index contributed by atoms with van der Waals surface area (Å²) in [4.78, 5) is 12.1. The van der Waals surface area contributed by atoms with Crippen LogP contribution >= 0.6 is 27.5 Å². The highest BCUT2D eigenvalue weighted by molar-refractivity contribution is 9.10. The van der Waals surface area contributed by atoms with E-state index in [1.807, 2.05) is 32.0 Å². The minimum Gasteiger partial charge on any atom is -0.322 e. The van der Waals surface area contributed by atoms with Gasteiger partial charge in [-0.1, -0.05) is 17.7 Å². The average Bonchev–Trinajstić information content (AvgIpc) is 2.37. The summed E-state index contributed by atoms with van der Waals surface area (Å²) in [6.45, 7) is 4.05. The third-order valence-corrected chi connectivity index (χ3v) is 4.18. The predicted molar refractivity (Wildman–Crippen MR) is 83.0 cm³/mol. The molecule has 0 aliphatic carbocycles. The molecule has 1 amide bonds. The third kappa shape index (κ3) is 3.37. The number of halogens is 2. The van der Waals surface area contributed by atoms with Gasteiger partial charge in [0.05, 0.1) is 5.02 Å². The maximum Gasteiger partial charge on any atom is 0.255 e. The molecule has 0 aliphatic heterocycles. The van der Waals surface area contributed by atoms with Crippen LogP contribution in [0.25, 0.3) is 0 Å². The van der Waals surface area contributed by atoms with E-state index in [0.29, 0.717) is 10.6 Å². The highest BCUT2D eigenvalue weighted by atomic mass is 79.9. The number of carbonyl (C=O) groups excluding carboxylic acids is 1. The van der Waals surface area contributed by atoms with E-state index in [0.717, 1.165) is 15.7 Å². The molecule has 0 aliphatic rings. The van der Waals surface area contributed by atoms with E-state index in [4.69, 9.17) is 11.6 Å². The first-order valence-corrected chi connectivity index (χ1v) is 6.98. The summed E-state index contributed by atoms with van der Waals surface area (Å²) >= 11 is 9.28. The number of nitrogens with one attached hydrogen (secondary N) is 1. The molecular weight excluding hydrogens is 326 g/mol. The smallest absolute Gasteiger partial charge is 0.255 e. The van der Waals surface area contributed by atoms with Crippen LogP contribution in [-0.4, -0.2) is 5.91 Å². The van der Waals surface area contributed by atoms with Gasteiger partial charge in [-0.3, -0.25) is 4.79 Å². The fourth-order valence-electron chi connectivity index (χ4n) is 1.66. The topological polar surface area (TPSA) is 29.1 Å². The van der Waals surface area contributed by atoms with E-state index in [2.05, 4.69) is 21.2 Å². The number of amides is 1. The number of benzene rings is 2. The number of hydrogen-bond acceptors (Lipinski definition) is 1. The van der Waals surface area contributed by atoms with Crippen molar-refractivity contribution < 1.29 is 4.79 Å². The van der Waals surface area contributed by atoms with Gasteiger partial charge in [0.1, 0.15) is 0 Å². The summed E-state index contributed by atoms with van der Waals surface area (Å²) in [5.74, 6) is -0.169. The van der Waals surface area contributed by atoms with Crippen molar-refractivity contribution in [1.29, 1.82) is 0 Å². The molecular formula is C15H13BrClNO. The second-order valence-corrected chi connectivity index (χ2v) is 5.64. The molecule has 0 saturated heterocycles. The van der Waals surface area contributed by atoms with Crippen molar-refractivity contribution >= 4 is 39.1 Å². The molecule has 2 nitrogen and oxygen atoms in total. The van der Waals surface area contributed by atoms with Gasteiger partial charge in [-0.2, -0.15) is 0 Å². The summed E-state index contributed by atoms with van der Waals surface area (Å²) in [6.07, 6.45) is 0. The zero-order valence-corrected chi connectivity index (χ0v) is 13.0. The van der Waals surface area contributed by atoms with Gasteiger partial charge in [-0.25, -0.2) is 0 Å². The first-order valence-electron chi connectivity index (χ1n) is 5.81. The van der Waals surface area contributed by atoms with Crippen molar-refractivity contribution in [3.05, 3.63) is 62.6 Å². The summed E-state index contributed by atoms with van der Waals surface area (Å²) in [6, 6.07) is 11.0. The Morgan fingerprint density at radius 1 is 1.11 bits per heavy atom. The molecule has 0 spiro atoms. The SMILES string of the molecule is Cc1ccc(NC(=O)c2ccc(Br)c(Cl)c2)cc1C. The Balaban J connectivity index is 2.20. The molecule has 0 fully saturated rings. The van der Waals surface area contributed by atoms with Crippen LogP contribution in [-0.2, 0) is 0 Å². The van der Waals surface area contributed by atoms with Gasteiger partial charge >= 0.3 is 0 Å². The number of aryl methyl sites for hydroxylation is 2. The molecule has 0 aromatic heterocycles. The molecule has 19 heavy (non-hydrogen) atoms. The molecule has 0 heterocycles. The van der Waals surface area contributed by atoms with E-state index in [9.17, 15) is 4.79 Å². The Kier molecular flexibility index (Phi) is 4.27. The Hall–Kier alpha value is -1.32. The summed E-state index contributed by atoms with van der Waals surface area (Å²) < 4.78 is 0.775. The van der Waals surface area contributed by atoms with E-state index in [-0.39, 0.29) is 5.91 Å². The van der Waals surface area contributed by atoms with Crippen LogP contribution in [0.3, 0.4) is 0 Å². The summed E-state index contributed by atoms with van der Waals surface area (Å²) in [7, 11) is 0. The van der Waals surface area contributed by atoms with Gasteiger partial charge in [0, 0.05) is 15.7 Å². The molecule has 1 N–H and O–H groups in total. The monoisotopic (exact) mass is 337 g/mol. The van der Waals surface area contributed by atoms with Crippen molar-refractivity contribution in [2.24, 2.45) is 0 Å². The van der Waals surface area contributed by atoms with Crippen LogP contribution < -0.4 is 5.32 Å². The molecule has 2 aromatic carbocycles. The first kappa shape index (κ1) is 14.1. The van der Waals surface area contributed by atoms with Gasteiger partial charge in [-0.15, -0.1) is 0 Å². The molecule has 0 atom stereocenters. The molecule has 98 valence electrons. The molecule has 2 rings (SSSR count). The number of carbonyl (C=O) groups is 1. The minimum absolute atomic E-state index is 0.169. The number of anilines is 1. The zero-order valence-electron chi connectivity index (χ0n) is 10.6. The van der Waals surface area contributed by atoms with Crippen molar-refractivity contribution in [2.45, 2.75) is 13.8 Å². The Morgan fingerprint density at radius 3 is 2.47 bits per heavy atom. The lowest BCUT2D eigenvalue weighted by atomic mass is 10.1. The number of hydrogen-bond donors (Lipinski definition) is 1. The van der Waals surface area contributed by atoms with Crippen molar-refractivity contribution in [2.75, 3.05) is 5.32 Å². The Morgan fingerprint density at radius 2 is 1.84 bits per heavy atom. The highest BCUT2D eigenvalue weighted by Crippen LogP contribution is 2.24. The van der Waals surface area contributed by atoms with Crippen LogP contribution in [0.4, 0.5) is 5.69 Å². The average molecular weight is 339 g/mol. The second-order valence-electron chi connectivity index (χ2n) is 4.38. The largest absolute Gasteiger partial charge is 0.322 e. The summed E-state index contributed by atoms with van der Waals surface area (Å²) in [5.41, 5.74) is 3.66. The Labute approximate surface area is 125 Å². The summed E-state index contributed by atoms with van der Waals surface area (Å²) in [5, 5.41) is 3.38. The maximum atomic E-state index is 12.1. The lowest BCUT2D eigenvalue weighted by Gasteiger charge is -2.08. The zero-order chi connectivity index (χ0) is 14.0. The van der Waals surface area contributed by atoms with E-state index in [1.54, 1.807) is 18.2 Å². The van der Waals surface area contributed by atoms with Gasteiger partial charge in [-0.05, 0) is 71.2 Å². The van der Waals surface area contributed by atoms with Crippen LogP contribution in [0.1, 0.15) is 21.5 Å². The lowest BCUT2D eigenvalue weighted by molar-refractivity contribution is 0.102. The second kappa shape index (κ2) is 5.76. The van der Waals surface area contributed by atoms with E-state index >= 15 is 0 Å². The van der Waals surface area contributed by atoms with Gasteiger partial charge in [0.25, 0.3) is 5.91 Å². The third-order valence-electron chi connectivity index (χ3n) is 2.95. The quantitative estimate of drug-likeness (QED) is 0.823. The highest BCUT2D eigenvalue weighted by Gasteiger charge is 2.08. The van der Waals surface area contributed by atoms with Crippen LogP contribution in [0.2, 0.25) is 5.02 Å². The van der Waals surface area contributed by atoms with Crippen molar-refractivity contribution in [1.82, 2.24) is 0 Å². The van der Waals surface area contributed by atoms with Crippen molar-refractivity contribution in [3.63, 3.8) is 0 Å². The van der Waals surface area contributed by atoms with Crippen LogP contribution in [0.15, 0.2) is 40.9 Å². The van der Waals surface area contributed by atoms with Gasteiger partial charge in [0.15, 0.2) is 0 Å². The molecule has 0 radical (unpaired) electrons. The van der Waals surface area contributed by atoms with E-state index < -0.39 is 0 Å². The lowest BCUT2D eigenvalue weighted by Crippen LogP contribution is -2.12. The molecule has 0 unspecified atom stereocenters. The van der Waals surface area contributed by atoms with Gasteiger partial charge in [0.2, 0.25) is 0 Å².